The fraction of sp³-hybridized carbons (Fsp3) is 0.667. The Morgan fingerprint density at radius 3 is 2.00 bits per heavy atom. The molecule has 0 heterocycles. The van der Waals surface area contributed by atoms with Crippen LogP contribution >= 0.6 is 11.6 Å². The van der Waals surface area contributed by atoms with Gasteiger partial charge in [-0.1, -0.05) is 6.08 Å². The predicted octanol–water partition coefficient (Wildman–Crippen LogP) is 2.39. The summed E-state index contributed by atoms with van der Waals surface area (Å²) in [6, 6.07) is 0. The van der Waals surface area contributed by atoms with Crippen LogP contribution in [-0.4, -0.2) is 22.5 Å². The molecule has 1 atom stereocenters. The van der Waals surface area contributed by atoms with Crippen LogP contribution in [0.2, 0.25) is 0 Å². The lowest BCUT2D eigenvalue weighted by Crippen LogP contribution is -2.50. The second-order valence-corrected chi connectivity index (χ2v) is 2.69. The average Bonchev–Trinajstić information content (AvgIpc) is 1.85. The number of hydrogen-bond donors (Lipinski definition) is 1. The lowest BCUT2D eigenvalue weighted by molar-refractivity contribution is -0.195. The predicted molar refractivity (Wildman–Crippen MR) is 36.6 cm³/mol. The Morgan fingerprint density at radius 1 is 1.50 bits per heavy atom. The average molecular weight is 207 g/mol. The van der Waals surface area contributed by atoms with Gasteiger partial charge in [0.15, 0.2) is 0 Å². The van der Waals surface area contributed by atoms with E-state index in [1.54, 1.807) is 0 Å². The molecule has 6 heteroatoms. The van der Waals surface area contributed by atoms with E-state index in [2.05, 4.69) is 18.2 Å². The molecular weight excluding hydrogens is 200 g/mol. The molecule has 0 aliphatic rings. The van der Waals surface area contributed by atoms with Crippen LogP contribution in [-0.2, 0) is 0 Å². The summed E-state index contributed by atoms with van der Waals surface area (Å²) >= 11 is 4.30. The van der Waals surface area contributed by atoms with Gasteiger partial charge in [-0.25, -0.2) is 8.78 Å². The van der Waals surface area contributed by atoms with Gasteiger partial charge in [-0.3, -0.25) is 0 Å². The minimum Gasteiger partial charge on any atom is -0.377 e. The fourth-order valence-corrected chi connectivity index (χ4v) is 0.708. The summed E-state index contributed by atoms with van der Waals surface area (Å²) < 4.78 is 48.2. The van der Waals surface area contributed by atoms with Gasteiger partial charge in [-0.15, -0.1) is 6.58 Å². The number of aliphatic hydroxyl groups is 1. The smallest absolute Gasteiger partial charge is 0.355 e. The standard InChI is InChI=1S/C6H7ClF4O/c1-2-3-5(12,4(8)9)6(7,10)11/h2,4,12H,1,3H2. The molecular formula is C6H7ClF4O. The van der Waals surface area contributed by atoms with Crippen LogP contribution in [0.1, 0.15) is 6.42 Å². The van der Waals surface area contributed by atoms with Gasteiger partial charge in [0, 0.05) is 6.42 Å². The van der Waals surface area contributed by atoms with Gasteiger partial charge >= 0.3 is 5.38 Å². The topological polar surface area (TPSA) is 20.2 Å². The third-order valence-corrected chi connectivity index (χ3v) is 1.63. The van der Waals surface area contributed by atoms with Crippen LogP contribution in [0.5, 0.6) is 0 Å². The van der Waals surface area contributed by atoms with Crippen molar-refractivity contribution in [3.8, 4) is 0 Å². The Hall–Kier alpha value is -0.290. The highest BCUT2D eigenvalue weighted by Crippen LogP contribution is 2.39. The molecule has 0 aromatic heterocycles. The van der Waals surface area contributed by atoms with E-state index in [1.165, 1.54) is 0 Å². The molecule has 0 bridgehead atoms. The summed E-state index contributed by atoms with van der Waals surface area (Å²) in [7, 11) is 0. The van der Waals surface area contributed by atoms with Gasteiger partial charge < -0.3 is 5.11 Å². The molecule has 1 nitrogen and oxygen atoms in total. The van der Waals surface area contributed by atoms with Crippen LogP contribution in [0, 0.1) is 0 Å². The summed E-state index contributed by atoms with van der Waals surface area (Å²) in [5, 5.41) is 4.36. The molecule has 1 N–H and O–H groups in total. The van der Waals surface area contributed by atoms with Crippen molar-refractivity contribution in [1.29, 1.82) is 0 Å². The van der Waals surface area contributed by atoms with E-state index in [4.69, 9.17) is 5.11 Å². The molecule has 0 aliphatic heterocycles. The molecule has 0 fully saturated rings. The van der Waals surface area contributed by atoms with Crippen molar-refractivity contribution in [1.82, 2.24) is 0 Å². The molecule has 0 radical (unpaired) electrons. The zero-order chi connectivity index (χ0) is 9.99. The zero-order valence-electron chi connectivity index (χ0n) is 5.91. The molecule has 0 aliphatic carbocycles. The molecule has 1 unspecified atom stereocenters. The fourth-order valence-electron chi connectivity index (χ4n) is 0.549. The molecule has 0 amide bonds. The largest absolute Gasteiger partial charge is 0.377 e. The first-order chi connectivity index (χ1) is 5.25. The van der Waals surface area contributed by atoms with Crippen molar-refractivity contribution >= 4 is 11.6 Å². The van der Waals surface area contributed by atoms with E-state index >= 15 is 0 Å². The van der Waals surface area contributed by atoms with Crippen LogP contribution < -0.4 is 0 Å². The molecule has 0 aromatic rings. The van der Waals surface area contributed by atoms with Crippen LogP contribution in [0.25, 0.3) is 0 Å². The van der Waals surface area contributed by atoms with Crippen LogP contribution in [0.3, 0.4) is 0 Å². The van der Waals surface area contributed by atoms with Crippen molar-refractivity contribution in [3.63, 3.8) is 0 Å². The van der Waals surface area contributed by atoms with Gasteiger partial charge in [-0.2, -0.15) is 8.78 Å². The monoisotopic (exact) mass is 206 g/mol. The summed E-state index contributed by atoms with van der Waals surface area (Å²) in [5.41, 5.74) is -3.53. The number of alkyl halides is 5. The Kier molecular flexibility index (Phi) is 3.53. The first-order valence-corrected chi connectivity index (χ1v) is 3.31. The van der Waals surface area contributed by atoms with Gasteiger partial charge in [0.05, 0.1) is 0 Å². The summed E-state index contributed by atoms with van der Waals surface area (Å²) in [6.45, 7) is 2.96. The zero-order valence-corrected chi connectivity index (χ0v) is 6.66. The maximum Gasteiger partial charge on any atom is 0.355 e. The lowest BCUT2D eigenvalue weighted by Gasteiger charge is -2.29. The minimum absolute atomic E-state index is 0.752. The highest BCUT2D eigenvalue weighted by atomic mass is 35.5. The van der Waals surface area contributed by atoms with E-state index < -0.39 is 23.8 Å². The van der Waals surface area contributed by atoms with Crippen molar-refractivity contribution in [2.75, 3.05) is 0 Å². The van der Waals surface area contributed by atoms with Gasteiger partial charge in [0.2, 0.25) is 5.60 Å². The molecule has 0 spiro atoms. The Balaban J connectivity index is 4.73. The summed E-state index contributed by atoms with van der Waals surface area (Å²) in [5.74, 6) is 0. The second kappa shape index (κ2) is 3.62. The number of rotatable bonds is 4. The van der Waals surface area contributed by atoms with E-state index in [0.717, 1.165) is 6.08 Å². The highest BCUT2D eigenvalue weighted by Gasteiger charge is 2.57. The Morgan fingerprint density at radius 2 is 1.92 bits per heavy atom. The Labute approximate surface area is 71.6 Å². The summed E-state index contributed by atoms with van der Waals surface area (Å²) in [4.78, 5) is 0. The van der Waals surface area contributed by atoms with Gasteiger partial charge in [0.25, 0.3) is 6.43 Å². The van der Waals surface area contributed by atoms with Crippen LogP contribution in [0.15, 0.2) is 12.7 Å². The van der Waals surface area contributed by atoms with E-state index in [9.17, 15) is 17.6 Å². The summed E-state index contributed by atoms with van der Waals surface area (Å²) in [6.07, 6.45) is -3.84. The maximum atomic E-state index is 12.2. The van der Waals surface area contributed by atoms with Crippen molar-refractivity contribution < 1.29 is 22.7 Å². The third kappa shape index (κ3) is 2.10. The molecule has 0 rings (SSSR count). The SMILES string of the molecule is C=CCC(O)(C(F)F)C(F)(F)Cl. The first kappa shape index (κ1) is 11.7. The first-order valence-electron chi connectivity index (χ1n) is 2.94. The quantitative estimate of drug-likeness (QED) is 0.425. The minimum atomic E-state index is -4.37. The molecule has 0 aromatic carbocycles. The molecule has 72 valence electrons. The van der Waals surface area contributed by atoms with Crippen LogP contribution in [0.4, 0.5) is 17.6 Å². The highest BCUT2D eigenvalue weighted by molar-refractivity contribution is 6.22. The Bertz CT molecular complexity index is 167. The maximum absolute atomic E-state index is 12.2. The van der Waals surface area contributed by atoms with Crippen molar-refractivity contribution in [2.24, 2.45) is 0 Å². The van der Waals surface area contributed by atoms with E-state index in [1.807, 2.05) is 0 Å². The number of halogens is 5. The number of hydrogen-bond acceptors (Lipinski definition) is 1. The molecule has 12 heavy (non-hydrogen) atoms. The molecule has 0 saturated carbocycles. The second-order valence-electron chi connectivity index (χ2n) is 2.22. The van der Waals surface area contributed by atoms with Gasteiger partial charge in [-0.05, 0) is 11.6 Å². The third-order valence-electron chi connectivity index (χ3n) is 1.31. The van der Waals surface area contributed by atoms with Crippen molar-refractivity contribution in [3.05, 3.63) is 12.7 Å². The molecule has 0 saturated heterocycles. The van der Waals surface area contributed by atoms with Crippen molar-refractivity contribution in [2.45, 2.75) is 23.8 Å². The van der Waals surface area contributed by atoms with E-state index in [0.29, 0.717) is 0 Å². The lowest BCUT2D eigenvalue weighted by atomic mass is 10.0. The van der Waals surface area contributed by atoms with Gasteiger partial charge in [0.1, 0.15) is 0 Å². The normalized spacial score (nSPS) is 17.6. The van der Waals surface area contributed by atoms with E-state index in [-0.39, 0.29) is 0 Å².